The van der Waals surface area contributed by atoms with Gasteiger partial charge in [0.05, 0.1) is 12.7 Å². The van der Waals surface area contributed by atoms with Crippen LogP contribution in [0.15, 0.2) is 12.1 Å². The van der Waals surface area contributed by atoms with Crippen LogP contribution in [0.3, 0.4) is 0 Å². The first kappa shape index (κ1) is 14.5. The number of aryl methyl sites for hydroxylation is 2. The van der Waals surface area contributed by atoms with Crippen molar-refractivity contribution in [2.24, 2.45) is 11.8 Å². The minimum atomic E-state index is 0.141. The van der Waals surface area contributed by atoms with Crippen LogP contribution in [0.1, 0.15) is 41.5 Å². The van der Waals surface area contributed by atoms with Crippen LogP contribution in [-0.2, 0) is 4.74 Å². The molecule has 1 amide bonds. The van der Waals surface area contributed by atoms with E-state index >= 15 is 0 Å². The summed E-state index contributed by atoms with van der Waals surface area (Å²) < 4.78 is 5.87. The molecule has 114 valence electrons. The van der Waals surface area contributed by atoms with E-state index in [1.165, 1.54) is 0 Å². The molecule has 21 heavy (non-hydrogen) atoms. The highest BCUT2D eigenvalue weighted by Gasteiger charge is 2.40. The van der Waals surface area contributed by atoms with Gasteiger partial charge in [0.1, 0.15) is 0 Å². The van der Waals surface area contributed by atoms with Gasteiger partial charge in [0.15, 0.2) is 0 Å². The highest BCUT2D eigenvalue weighted by atomic mass is 16.5. The number of aromatic nitrogens is 1. The van der Waals surface area contributed by atoms with Gasteiger partial charge in [0.2, 0.25) is 0 Å². The number of carbonyl (C=O) groups excluding carboxylic acids is 1. The molecule has 3 rings (SSSR count). The van der Waals surface area contributed by atoms with Gasteiger partial charge in [-0.25, -0.2) is 0 Å². The Morgan fingerprint density at radius 2 is 2.10 bits per heavy atom. The minimum absolute atomic E-state index is 0.141. The van der Waals surface area contributed by atoms with E-state index in [0.717, 1.165) is 49.5 Å². The summed E-state index contributed by atoms with van der Waals surface area (Å²) in [4.78, 5) is 19.0. The number of nitrogens with zero attached hydrogens (tertiary/aromatic N) is 2. The Kier molecular flexibility index (Phi) is 3.98. The molecule has 1 aromatic heterocycles. The smallest absolute Gasteiger partial charge is 0.253 e. The molecule has 0 aliphatic carbocycles. The van der Waals surface area contributed by atoms with Crippen molar-refractivity contribution in [3.8, 4) is 0 Å². The SMILES string of the molecule is CC[C@@H]1OC[C@H]2CN(C(=O)c3cc(C)nc(C)c3)CC[C@H]21. The third-order valence-corrected chi connectivity index (χ3v) is 4.81. The fourth-order valence-electron chi connectivity index (χ4n) is 3.83. The number of pyridine rings is 1. The van der Waals surface area contributed by atoms with Crippen LogP contribution in [0.25, 0.3) is 0 Å². The van der Waals surface area contributed by atoms with Gasteiger partial charge >= 0.3 is 0 Å². The number of hydrogen-bond donors (Lipinski definition) is 0. The second-order valence-corrected chi connectivity index (χ2v) is 6.38. The molecule has 2 saturated heterocycles. The van der Waals surface area contributed by atoms with Crippen molar-refractivity contribution >= 4 is 5.91 Å². The van der Waals surface area contributed by atoms with E-state index in [1.807, 2.05) is 30.9 Å². The quantitative estimate of drug-likeness (QED) is 0.840. The molecule has 4 nitrogen and oxygen atoms in total. The summed E-state index contributed by atoms with van der Waals surface area (Å²) in [5, 5.41) is 0. The summed E-state index contributed by atoms with van der Waals surface area (Å²) in [6, 6.07) is 3.78. The molecule has 4 heteroatoms. The van der Waals surface area contributed by atoms with E-state index in [9.17, 15) is 4.79 Å². The lowest BCUT2D eigenvalue weighted by Gasteiger charge is -2.35. The topological polar surface area (TPSA) is 42.4 Å². The van der Waals surface area contributed by atoms with Gasteiger partial charge in [-0.05, 0) is 44.7 Å². The predicted octanol–water partition coefficient (Wildman–Crippen LogP) is 2.59. The van der Waals surface area contributed by atoms with Crippen LogP contribution in [-0.4, -0.2) is 41.6 Å². The summed E-state index contributed by atoms with van der Waals surface area (Å²) >= 11 is 0. The Morgan fingerprint density at radius 1 is 1.38 bits per heavy atom. The molecule has 0 N–H and O–H groups in total. The maximum Gasteiger partial charge on any atom is 0.253 e. The predicted molar refractivity (Wildman–Crippen MR) is 81.2 cm³/mol. The van der Waals surface area contributed by atoms with Crippen molar-refractivity contribution in [1.82, 2.24) is 9.88 Å². The normalized spacial score (nSPS) is 28.5. The molecule has 1 aromatic rings. The maximum absolute atomic E-state index is 12.7. The van der Waals surface area contributed by atoms with Gasteiger partial charge < -0.3 is 9.64 Å². The van der Waals surface area contributed by atoms with Crippen LogP contribution in [0.2, 0.25) is 0 Å². The Morgan fingerprint density at radius 3 is 2.76 bits per heavy atom. The zero-order valence-electron chi connectivity index (χ0n) is 13.1. The molecule has 2 aliphatic rings. The van der Waals surface area contributed by atoms with Crippen LogP contribution in [0.4, 0.5) is 0 Å². The van der Waals surface area contributed by atoms with Crippen molar-refractivity contribution in [2.75, 3.05) is 19.7 Å². The standard InChI is InChI=1S/C17H24N2O2/c1-4-16-15-5-6-19(9-14(15)10-21-16)17(20)13-7-11(2)18-12(3)8-13/h7-8,14-16H,4-6,9-10H2,1-3H3/t14-,15-,16+/m1/s1. The molecule has 3 atom stereocenters. The van der Waals surface area contributed by atoms with Gasteiger partial charge in [-0.1, -0.05) is 6.92 Å². The number of rotatable bonds is 2. The van der Waals surface area contributed by atoms with Crippen LogP contribution in [0.5, 0.6) is 0 Å². The van der Waals surface area contributed by atoms with Crippen LogP contribution >= 0.6 is 0 Å². The lowest BCUT2D eigenvalue weighted by Crippen LogP contribution is -2.44. The number of fused-ring (bicyclic) bond motifs is 1. The molecule has 0 bridgehead atoms. The lowest BCUT2D eigenvalue weighted by atomic mass is 9.83. The Labute approximate surface area is 126 Å². The first-order valence-corrected chi connectivity index (χ1v) is 7.94. The summed E-state index contributed by atoms with van der Waals surface area (Å²) in [5.41, 5.74) is 2.58. The molecule has 0 aromatic carbocycles. The van der Waals surface area contributed by atoms with E-state index < -0.39 is 0 Å². The van der Waals surface area contributed by atoms with Gasteiger partial charge in [0, 0.05) is 36.0 Å². The van der Waals surface area contributed by atoms with Crippen molar-refractivity contribution in [3.05, 3.63) is 29.1 Å². The third kappa shape index (κ3) is 2.82. The van der Waals surface area contributed by atoms with Crippen molar-refractivity contribution in [2.45, 2.75) is 39.7 Å². The molecular weight excluding hydrogens is 264 g/mol. The highest BCUT2D eigenvalue weighted by molar-refractivity contribution is 5.94. The molecule has 2 aliphatic heterocycles. The molecule has 0 unspecified atom stereocenters. The number of likely N-dealkylation sites (tertiary alicyclic amines) is 1. The minimum Gasteiger partial charge on any atom is -0.378 e. The van der Waals surface area contributed by atoms with Gasteiger partial charge in [-0.2, -0.15) is 0 Å². The van der Waals surface area contributed by atoms with E-state index in [0.29, 0.717) is 17.9 Å². The number of piperidine rings is 1. The molecule has 0 saturated carbocycles. The first-order valence-electron chi connectivity index (χ1n) is 7.94. The summed E-state index contributed by atoms with van der Waals surface area (Å²) in [6.07, 6.45) is 2.55. The largest absolute Gasteiger partial charge is 0.378 e. The number of carbonyl (C=O) groups is 1. The van der Waals surface area contributed by atoms with Crippen molar-refractivity contribution in [1.29, 1.82) is 0 Å². The van der Waals surface area contributed by atoms with E-state index in [-0.39, 0.29) is 5.91 Å². The molecule has 2 fully saturated rings. The Balaban J connectivity index is 1.72. The fourth-order valence-corrected chi connectivity index (χ4v) is 3.83. The lowest BCUT2D eigenvalue weighted by molar-refractivity contribution is 0.0607. The van der Waals surface area contributed by atoms with E-state index in [2.05, 4.69) is 11.9 Å². The Hall–Kier alpha value is -1.42. The first-order chi connectivity index (χ1) is 10.1. The third-order valence-electron chi connectivity index (χ3n) is 4.81. The monoisotopic (exact) mass is 288 g/mol. The highest BCUT2D eigenvalue weighted by Crippen LogP contribution is 2.36. The second-order valence-electron chi connectivity index (χ2n) is 6.38. The number of hydrogen-bond acceptors (Lipinski definition) is 3. The van der Waals surface area contributed by atoms with Crippen molar-refractivity contribution < 1.29 is 9.53 Å². The van der Waals surface area contributed by atoms with Crippen molar-refractivity contribution in [3.63, 3.8) is 0 Å². The van der Waals surface area contributed by atoms with Gasteiger partial charge in [-0.15, -0.1) is 0 Å². The fraction of sp³-hybridized carbons (Fsp3) is 0.647. The summed E-state index contributed by atoms with van der Waals surface area (Å²) in [6.45, 7) is 8.55. The zero-order chi connectivity index (χ0) is 15.0. The zero-order valence-corrected chi connectivity index (χ0v) is 13.1. The molecular formula is C17H24N2O2. The summed E-state index contributed by atoms with van der Waals surface area (Å²) in [5.74, 6) is 1.29. The van der Waals surface area contributed by atoms with E-state index in [1.54, 1.807) is 0 Å². The Bertz CT molecular complexity index is 523. The number of amides is 1. The molecule has 3 heterocycles. The van der Waals surface area contributed by atoms with Crippen LogP contribution < -0.4 is 0 Å². The average molecular weight is 288 g/mol. The second kappa shape index (κ2) is 5.76. The molecule has 0 spiro atoms. The average Bonchev–Trinajstić information content (AvgIpc) is 2.87. The summed E-state index contributed by atoms with van der Waals surface area (Å²) in [7, 11) is 0. The van der Waals surface area contributed by atoms with Gasteiger partial charge in [0.25, 0.3) is 5.91 Å². The molecule has 0 radical (unpaired) electrons. The number of ether oxygens (including phenoxy) is 1. The van der Waals surface area contributed by atoms with Gasteiger partial charge in [-0.3, -0.25) is 9.78 Å². The van der Waals surface area contributed by atoms with E-state index in [4.69, 9.17) is 4.74 Å². The van der Waals surface area contributed by atoms with Crippen LogP contribution in [0, 0.1) is 25.7 Å². The maximum atomic E-state index is 12.7.